The van der Waals surface area contributed by atoms with Gasteiger partial charge in [-0.1, -0.05) is 0 Å². The molecule has 0 aromatic carbocycles. The Bertz CT molecular complexity index is 357. The molecule has 0 saturated heterocycles. The van der Waals surface area contributed by atoms with Crippen molar-refractivity contribution in [1.82, 2.24) is 5.32 Å². The highest BCUT2D eigenvalue weighted by atomic mass is 32.1. The lowest BCUT2D eigenvalue weighted by Crippen LogP contribution is -2.51. The number of nitrogens with two attached hydrogens (primary N) is 1. The molecule has 0 bridgehead atoms. The van der Waals surface area contributed by atoms with E-state index >= 15 is 0 Å². The standard InChI is InChI=1S/C11H18N2OS/c1-7-5-6-9(15-7)8(2)13-11(3,4)10(12)14/h5-6,8,13H,1-4H3,(H2,12,14). The van der Waals surface area contributed by atoms with Crippen LogP contribution in [0.4, 0.5) is 0 Å². The first-order valence-corrected chi connectivity index (χ1v) is 5.78. The number of amides is 1. The predicted molar refractivity (Wildman–Crippen MR) is 63.9 cm³/mol. The maximum absolute atomic E-state index is 11.2. The maximum atomic E-state index is 11.2. The molecule has 3 nitrogen and oxygen atoms in total. The Kier molecular flexibility index (Phi) is 3.52. The number of nitrogens with one attached hydrogen (secondary N) is 1. The summed E-state index contributed by atoms with van der Waals surface area (Å²) >= 11 is 1.73. The molecule has 1 amide bonds. The second-order valence-electron chi connectivity index (χ2n) is 4.30. The molecule has 1 heterocycles. The molecule has 15 heavy (non-hydrogen) atoms. The van der Waals surface area contributed by atoms with Gasteiger partial charge < -0.3 is 5.73 Å². The molecule has 3 N–H and O–H groups in total. The van der Waals surface area contributed by atoms with E-state index in [0.717, 1.165) is 0 Å². The van der Waals surface area contributed by atoms with Gasteiger partial charge in [-0.2, -0.15) is 0 Å². The third-order valence-corrected chi connectivity index (χ3v) is 3.56. The second kappa shape index (κ2) is 4.33. The first-order chi connectivity index (χ1) is 6.83. The maximum Gasteiger partial charge on any atom is 0.237 e. The van der Waals surface area contributed by atoms with Crippen LogP contribution in [-0.4, -0.2) is 11.4 Å². The molecule has 1 rings (SSSR count). The number of primary amides is 1. The molecule has 0 fully saturated rings. The minimum absolute atomic E-state index is 0.145. The molecule has 0 radical (unpaired) electrons. The van der Waals surface area contributed by atoms with E-state index in [4.69, 9.17) is 5.73 Å². The van der Waals surface area contributed by atoms with Crippen LogP contribution in [0.15, 0.2) is 12.1 Å². The van der Waals surface area contributed by atoms with Gasteiger partial charge in [-0.25, -0.2) is 0 Å². The quantitative estimate of drug-likeness (QED) is 0.824. The lowest BCUT2D eigenvalue weighted by atomic mass is 10.0. The minimum atomic E-state index is -0.669. The van der Waals surface area contributed by atoms with Gasteiger partial charge in [-0.3, -0.25) is 10.1 Å². The largest absolute Gasteiger partial charge is 0.368 e. The van der Waals surface area contributed by atoms with E-state index in [9.17, 15) is 4.79 Å². The van der Waals surface area contributed by atoms with E-state index in [-0.39, 0.29) is 11.9 Å². The zero-order chi connectivity index (χ0) is 11.6. The summed E-state index contributed by atoms with van der Waals surface area (Å²) in [5, 5.41) is 3.22. The van der Waals surface area contributed by atoms with Crippen molar-refractivity contribution in [1.29, 1.82) is 0 Å². The van der Waals surface area contributed by atoms with Crippen LogP contribution in [0.2, 0.25) is 0 Å². The average molecular weight is 226 g/mol. The SMILES string of the molecule is Cc1ccc(C(C)NC(C)(C)C(N)=O)s1. The monoisotopic (exact) mass is 226 g/mol. The van der Waals surface area contributed by atoms with Crippen LogP contribution in [0.3, 0.4) is 0 Å². The number of aryl methyl sites for hydroxylation is 1. The van der Waals surface area contributed by atoms with Crippen LogP contribution in [0.25, 0.3) is 0 Å². The molecule has 1 atom stereocenters. The molecular weight excluding hydrogens is 208 g/mol. The third kappa shape index (κ3) is 3.04. The molecule has 84 valence electrons. The lowest BCUT2D eigenvalue weighted by Gasteiger charge is -2.26. The molecule has 0 aliphatic heterocycles. The van der Waals surface area contributed by atoms with Gasteiger partial charge in [0.25, 0.3) is 0 Å². The molecule has 0 aliphatic rings. The van der Waals surface area contributed by atoms with Crippen molar-refractivity contribution < 1.29 is 4.79 Å². The highest BCUT2D eigenvalue weighted by Crippen LogP contribution is 2.24. The van der Waals surface area contributed by atoms with Gasteiger partial charge in [0, 0.05) is 15.8 Å². The highest BCUT2D eigenvalue weighted by molar-refractivity contribution is 7.12. The summed E-state index contributed by atoms with van der Waals surface area (Å²) < 4.78 is 0. The van der Waals surface area contributed by atoms with Gasteiger partial charge in [0.1, 0.15) is 0 Å². The Balaban J connectivity index is 2.71. The van der Waals surface area contributed by atoms with Crippen molar-refractivity contribution >= 4 is 17.2 Å². The Morgan fingerprint density at radius 2 is 2.13 bits per heavy atom. The van der Waals surface area contributed by atoms with E-state index < -0.39 is 5.54 Å². The summed E-state index contributed by atoms with van der Waals surface area (Å²) in [6.45, 7) is 7.70. The molecule has 1 aromatic rings. The molecule has 0 spiro atoms. The van der Waals surface area contributed by atoms with Gasteiger partial charge in [0.05, 0.1) is 5.54 Å². The van der Waals surface area contributed by atoms with Crippen LogP contribution in [0.1, 0.15) is 36.6 Å². The normalized spacial score (nSPS) is 13.9. The fraction of sp³-hybridized carbons (Fsp3) is 0.545. The Morgan fingerprint density at radius 3 is 2.53 bits per heavy atom. The summed E-state index contributed by atoms with van der Waals surface area (Å²) in [6, 6.07) is 4.30. The van der Waals surface area contributed by atoms with Crippen LogP contribution in [-0.2, 0) is 4.79 Å². The molecule has 0 saturated carbocycles. The summed E-state index contributed by atoms with van der Waals surface area (Å²) in [7, 11) is 0. The number of rotatable bonds is 4. The number of thiophene rings is 1. The first kappa shape index (κ1) is 12.2. The number of hydrogen-bond acceptors (Lipinski definition) is 3. The van der Waals surface area contributed by atoms with Gasteiger partial charge >= 0.3 is 0 Å². The average Bonchev–Trinajstić information content (AvgIpc) is 2.50. The summed E-state index contributed by atoms with van der Waals surface area (Å²) in [5.41, 5.74) is 4.63. The Hall–Kier alpha value is -0.870. The topological polar surface area (TPSA) is 55.1 Å². The Labute approximate surface area is 94.7 Å². The zero-order valence-corrected chi connectivity index (χ0v) is 10.4. The van der Waals surface area contributed by atoms with Gasteiger partial charge in [0.15, 0.2) is 0 Å². The highest BCUT2D eigenvalue weighted by Gasteiger charge is 2.27. The minimum Gasteiger partial charge on any atom is -0.368 e. The van der Waals surface area contributed by atoms with E-state index in [2.05, 4.69) is 24.4 Å². The molecule has 1 unspecified atom stereocenters. The van der Waals surface area contributed by atoms with Crippen molar-refractivity contribution in [2.75, 3.05) is 0 Å². The molecule has 4 heteroatoms. The van der Waals surface area contributed by atoms with Crippen molar-refractivity contribution in [2.45, 2.75) is 39.3 Å². The number of hydrogen-bond donors (Lipinski definition) is 2. The van der Waals surface area contributed by atoms with E-state index in [0.29, 0.717) is 0 Å². The molecular formula is C11H18N2OS. The fourth-order valence-corrected chi connectivity index (χ4v) is 2.25. The van der Waals surface area contributed by atoms with E-state index in [1.165, 1.54) is 9.75 Å². The van der Waals surface area contributed by atoms with Crippen molar-refractivity contribution in [2.24, 2.45) is 5.73 Å². The molecule has 1 aromatic heterocycles. The second-order valence-corrected chi connectivity index (χ2v) is 5.62. The number of carbonyl (C=O) groups excluding carboxylic acids is 1. The van der Waals surface area contributed by atoms with Gasteiger partial charge in [-0.05, 0) is 39.8 Å². The number of carbonyl (C=O) groups is 1. The predicted octanol–water partition coefficient (Wildman–Crippen LogP) is 1.97. The smallest absolute Gasteiger partial charge is 0.237 e. The first-order valence-electron chi connectivity index (χ1n) is 4.97. The Morgan fingerprint density at radius 1 is 1.53 bits per heavy atom. The molecule has 0 aliphatic carbocycles. The third-order valence-electron chi connectivity index (χ3n) is 2.38. The van der Waals surface area contributed by atoms with Crippen LogP contribution >= 0.6 is 11.3 Å². The fourth-order valence-electron chi connectivity index (χ4n) is 1.37. The summed E-state index contributed by atoms with van der Waals surface area (Å²) in [5.74, 6) is -0.331. The van der Waals surface area contributed by atoms with E-state index in [1.54, 1.807) is 25.2 Å². The van der Waals surface area contributed by atoms with Crippen molar-refractivity contribution in [3.8, 4) is 0 Å². The van der Waals surface area contributed by atoms with Crippen LogP contribution in [0, 0.1) is 6.92 Å². The van der Waals surface area contributed by atoms with E-state index in [1.807, 2.05) is 6.92 Å². The van der Waals surface area contributed by atoms with Gasteiger partial charge in [0.2, 0.25) is 5.91 Å². The summed E-state index contributed by atoms with van der Waals surface area (Å²) in [6.07, 6.45) is 0. The van der Waals surface area contributed by atoms with Crippen LogP contribution in [0.5, 0.6) is 0 Å². The van der Waals surface area contributed by atoms with Gasteiger partial charge in [-0.15, -0.1) is 11.3 Å². The van der Waals surface area contributed by atoms with Crippen molar-refractivity contribution in [3.63, 3.8) is 0 Å². The summed E-state index contributed by atoms with van der Waals surface area (Å²) in [4.78, 5) is 13.7. The van der Waals surface area contributed by atoms with Crippen LogP contribution < -0.4 is 11.1 Å². The van der Waals surface area contributed by atoms with Crippen molar-refractivity contribution in [3.05, 3.63) is 21.9 Å². The zero-order valence-electron chi connectivity index (χ0n) is 9.63. The lowest BCUT2D eigenvalue weighted by molar-refractivity contribution is -0.123.